The van der Waals surface area contributed by atoms with Crippen LogP contribution in [0.4, 0.5) is 0 Å². The van der Waals surface area contributed by atoms with Crippen molar-refractivity contribution in [3.05, 3.63) is 141 Å². The van der Waals surface area contributed by atoms with Gasteiger partial charge in [0.15, 0.2) is 17.5 Å². The van der Waals surface area contributed by atoms with Gasteiger partial charge in [-0.25, -0.2) is 19.9 Å². The molecule has 0 atom stereocenters. The summed E-state index contributed by atoms with van der Waals surface area (Å²) in [5.41, 5.74) is 7.97. The maximum absolute atomic E-state index is 4.93. The molecule has 4 heterocycles. The van der Waals surface area contributed by atoms with Gasteiger partial charge in [-0.3, -0.25) is 4.40 Å². The lowest BCUT2D eigenvalue weighted by Gasteiger charge is -2.11. The van der Waals surface area contributed by atoms with Crippen molar-refractivity contribution in [3.8, 4) is 28.5 Å². The quantitative estimate of drug-likeness (QED) is 0.157. The Morgan fingerprint density at radius 2 is 1.40 bits per heavy atom. The van der Waals surface area contributed by atoms with Crippen molar-refractivity contribution in [2.45, 2.75) is 0 Å². The van der Waals surface area contributed by atoms with E-state index in [0.717, 1.165) is 50.0 Å². The maximum atomic E-state index is 4.93. The van der Waals surface area contributed by atoms with E-state index in [0.29, 0.717) is 17.5 Å². The third-order valence-corrected chi connectivity index (χ3v) is 7.74. The van der Waals surface area contributed by atoms with Gasteiger partial charge in [0.05, 0.1) is 16.6 Å². The average Bonchev–Trinajstić information content (AvgIpc) is 3.68. The number of pyridine rings is 1. The molecular formula is C36H24N6. The molecule has 6 nitrogen and oxygen atoms in total. The normalized spacial score (nSPS) is 12.1. The average molecular weight is 541 g/mol. The first-order valence-corrected chi connectivity index (χ1v) is 13.7. The molecule has 0 fully saturated rings. The molecule has 42 heavy (non-hydrogen) atoms. The van der Waals surface area contributed by atoms with Gasteiger partial charge >= 0.3 is 0 Å². The highest BCUT2D eigenvalue weighted by Gasteiger charge is 2.20. The van der Waals surface area contributed by atoms with E-state index in [2.05, 4.69) is 76.7 Å². The van der Waals surface area contributed by atoms with Crippen LogP contribution in [0.1, 0.15) is 5.82 Å². The van der Waals surface area contributed by atoms with Gasteiger partial charge in [-0.2, -0.15) is 0 Å². The number of aromatic nitrogens is 6. The summed E-state index contributed by atoms with van der Waals surface area (Å²) >= 11 is 0. The number of imidazole rings is 1. The predicted molar refractivity (Wildman–Crippen MR) is 171 cm³/mol. The van der Waals surface area contributed by atoms with E-state index in [1.807, 2.05) is 54.9 Å². The first kappa shape index (κ1) is 24.0. The van der Waals surface area contributed by atoms with E-state index in [-0.39, 0.29) is 0 Å². The molecule has 0 saturated carbocycles. The molecule has 0 radical (unpaired) electrons. The van der Waals surface area contributed by atoms with Crippen LogP contribution in [-0.2, 0) is 0 Å². The van der Waals surface area contributed by atoms with Crippen LogP contribution < -0.4 is 0 Å². The summed E-state index contributed by atoms with van der Waals surface area (Å²) in [7, 11) is 0. The van der Waals surface area contributed by atoms with E-state index in [9.17, 15) is 0 Å². The standard InChI is InChI=1S/C36H24N6/c1-3-11-23(4-2)33-38-34(24-12-6-5-7-13-24)40-35(39-33)25-14-8-15-26(22-25)42-29-18-9-16-27-31(29)32-28(17-10-19-30(32)42)41-21-20-37-36(27)41/h3-22H,1-2H2/b23-11+. The number of hydrogen-bond acceptors (Lipinski definition) is 4. The fraction of sp³-hybridized carbons (Fsp3) is 0. The lowest BCUT2D eigenvalue weighted by atomic mass is 10.1. The molecular weight excluding hydrogens is 516 g/mol. The molecule has 198 valence electrons. The molecule has 0 spiro atoms. The smallest absolute Gasteiger partial charge is 0.164 e. The van der Waals surface area contributed by atoms with Crippen LogP contribution in [-0.4, -0.2) is 28.9 Å². The number of hydrogen-bond donors (Lipinski definition) is 0. The highest BCUT2D eigenvalue weighted by atomic mass is 15.0. The first-order chi connectivity index (χ1) is 20.7. The summed E-state index contributed by atoms with van der Waals surface area (Å²) in [4.78, 5) is 19.3. The Morgan fingerprint density at radius 3 is 2.21 bits per heavy atom. The van der Waals surface area contributed by atoms with Crippen molar-refractivity contribution in [1.29, 1.82) is 0 Å². The molecule has 0 bridgehead atoms. The van der Waals surface area contributed by atoms with Gasteiger partial charge in [0.1, 0.15) is 5.65 Å². The van der Waals surface area contributed by atoms with Crippen molar-refractivity contribution >= 4 is 43.9 Å². The van der Waals surface area contributed by atoms with Gasteiger partial charge in [0.2, 0.25) is 0 Å². The minimum atomic E-state index is 0.547. The second-order valence-electron chi connectivity index (χ2n) is 10.1. The van der Waals surface area contributed by atoms with Gasteiger partial charge in [0.25, 0.3) is 0 Å². The molecule has 8 rings (SSSR count). The molecule has 6 heteroatoms. The second-order valence-corrected chi connectivity index (χ2v) is 10.1. The Hall–Kier alpha value is -5.88. The lowest BCUT2D eigenvalue weighted by Crippen LogP contribution is -2.03. The maximum Gasteiger partial charge on any atom is 0.164 e. The highest BCUT2D eigenvalue weighted by molar-refractivity contribution is 6.26. The fourth-order valence-corrected chi connectivity index (χ4v) is 5.95. The zero-order chi connectivity index (χ0) is 28.2. The molecule has 0 saturated heterocycles. The largest absolute Gasteiger partial charge is 0.309 e. The zero-order valence-electron chi connectivity index (χ0n) is 22.6. The topological polar surface area (TPSA) is 60.9 Å². The van der Waals surface area contributed by atoms with Crippen molar-refractivity contribution < 1.29 is 0 Å². The molecule has 0 unspecified atom stereocenters. The van der Waals surface area contributed by atoms with E-state index >= 15 is 0 Å². The second kappa shape index (κ2) is 9.35. The van der Waals surface area contributed by atoms with Crippen molar-refractivity contribution in [2.24, 2.45) is 0 Å². The Balaban J connectivity index is 1.38. The number of allylic oxidation sites excluding steroid dienone is 4. The molecule has 0 N–H and O–H groups in total. The minimum absolute atomic E-state index is 0.547. The lowest BCUT2D eigenvalue weighted by molar-refractivity contribution is 1.04. The van der Waals surface area contributed by atoms with Crippen LogP contribution in [0.15, 0.2) is 135 Å². The van der Waals surface area contributed by atoms with Crippen LogP contribution in [0.25, 0.3) is 72.4 Å². The van der Waals surface area contributed by atoms with Gasteiger partial charge in [-0.15, -0.1) is 0 Å². The van der Waals surface area contributed by atoms with E-state index < -0.39 is 0 Å². The Bertz CT molecular complexity index is 2260. The van der Waals surface area contributed by atoms with Crippen molar-refractivity contribution in [3.63, 3.8) is 0 Å². The van der Waals surface area contributed by atoms with Gasteiger partial charge in [0, 0.05) is 50.9 Å². The zero-order valence-corrected chi connectivity index (χ0v) is 22.6. The Kier molecular flexibility index (Phi) is 5.34. The van der Waals surface area contributed by atoms with Gasteiger partial charge < -0.3 is 4.57 Å². The van der Waals surface area contributed by atoms with Crippen molar-refractivity contribution in [1.82, 2.24) is 28.9 Å². The summed E-state index contributed by atoms with van der Waals surface area (Å²) in [6.07, 6.45) is 9.21. The SMILES string of the molecule is C=C/C=C(\C=C)c1nc(-c2ccccc2)nc(-c2cccc(-n3c4cccc5c4c4c3cccc4n3ccnc53)c2)n1. The molecule has 0 aliphatic heterocycles. The number of benzene rings is 4. The highest BCUT2D eigenvalue weighted by Crippen LogP contribution is 2.40. The summed E-state index contributed by atoms with van der Waals surface area (Å²) in [5, 5.41) is 3.57. The Labute approximate surface area is 241 Å². The molecule has 8 aromatic rings. The van der Waals surface area contributed by atoms with E-state index in [1.54, 1.807) is 12.2 Å². The van der Waals surface area contributed by atoms with Crippen LogP contribution in [0.3, 0.4) is 0 Å². The van der Waals surface area contributed by atoms with Gasteiger partial charge in [-0.1, -0.05) is 92.0 Å². The summed E-state index contributed by atoms with van der Waals surface area (Å²) in [6.45, 7) is 7.82. The third kappa shape index (κ3) is 3.52. The van der Waals surface area contributed by atoms with Crippen LogP contribution in [0.5, 0.6) is 0 Å². The fourth-order valence-electron chi connectivity index (χ4n) is 5.95. The minimum Gasteiger partial charge on any atom is -0.309 e. The monoisotopic (exact) mass is 540 g/mol. The summed E-state index contributed by atoms with van der Waals surface area (Å²) in [5.74, 6) is 1.74. The summed E-state index contributed by atoms with van der Waals surface area (Å²) in [6, 6.07) is 31.2. The molecule has 0 amide bonds. The van der Waals surface area contributed by atoms with Crippen molar-refractivity contribution in [2.75, 3.05) is 0 Å². The van der Waals surface area contributed by atoms with E-state index in [1.165, 1.54) is 10.8 Å². The third-order valence-electron chi connectivity index (χ3n) is 7.74. The van der Waals surface area contributed by atoms with Gasteiger partial charge in [-0.05, 0) is 30.3 Å². The number of rotatable bonds is 6. The molecule has 4 aromatic heterocycles. The van der Waals surface area contributed by atoms with Crippen LogP contribution >= 0.6 is 0 Å². The number of nitrogens with zero attached hydrogens (tertiary/aromatic N) is 6. The predicted octanol–water partition coefficient (Wildman–Crippen LogP) is 8.30. The molecule has 0 aliphatic rings. The van der Waals surface area contributed by atoms with Crippen LogP contribution in [0, 0.1) is 0 Å². The van der Waals surface area contributed by atoms with Crippen LogP contribution in [0.2, 0.25) is 0 Å². The Morgan fingerprint density at radius 1 is 0.690 bits per heavy atom. The van der Waals surface area contributed by atoms with E-state index in [4.69, 9.17) is 19.9 Å². The number of fused-ring (bicyclic) bond motifs is 3. The molecule has 4 aromatic carbocycles. The summed E-state index contributed by atoms with van der Waals surface area (Å²) < 4.78 is 4.50. The first-order valence-electron chi connectivity index (χ1n) is 13.7. The molecule has 0 aliphatic carbocycles.